The Morgan fingerprint density at radius 1 is 1.50 bits per heavy atom. The summed E-state index contributed by atoms with van der Waals surface area (Å²) in [5, 5.41) is 9.90. The molecule has 0 amide bonds. The summed E-state index contributed by atoms with van der Waals surface area (Å²) in [5.41, 5.74) is -0.829. The van der Waals surface area contributed by atoms with Gasteiger partial charge in [-0.05, 0) is 6.92 Å². The van der Waals surface area contributed by atoms with Crippen molar-refractivity contribution in [1.82, 2.24) is 9.55 Å². The Hall–Kier alpha value is -2.26. The number of aromatic nitrogens is 2. The summed E-state index contributed by atoms with van der Waals surface area (Å²) in [6.45, 7) is 2.30. The molecule has 9 heteroatoms. The first-order chi connectivity index (χ1) is 10.3. The van der Waals surface area contributed by atoms with Gasteiger partial charge in [0.15, 0.2) is 0 Å². The van der Waals surface area contributed by atoms with Gasteiger partial charge in [0, 0.05) is 25.1 Å². The van der Waals surface area contributed by atoms with Crippen molar-refractivity contribution in [3.63, 3.8) is 0 Å². The number of esters is 1. The van der Waals surface area contributed by atoms with Crippen LogP contribution in [0.15, 0.2) is 15.8 Å². The first-order valence-electron chi connectivity index (χ1n) is 6.63. The molecule has 1 fully saturated rings. The number of carbonyl (C=O) groups is 2. The van der Waals surface area contributed by atoms with Crippen LogP contribution in [0.25, 0.3) is 0 Å². The normalized spacial score (nSPS) is 24.2. The lowest BCUT2D eigenvalue weighted by atomic mass is 10.2. The number of ether oxygens (including phenoxy) is 2. The summed E-state index contributed by atoms with van der Waals surface area (Å²) in [6, 6.07) is 0. The number of nitrogens with zero attached hydrogens (tertiary/aromatic N) is 1. The topological polar surface area (TPSA) is 128 Å². The van der Waals surface area contributed by atoms with Crippen LogP contribution in [-0.2, 0) is 19.1 Å². The molecule has 0 aromatic carbocycles. The fraction of sp³-hybridized carbons (Fsp3) is 0.538. The molecule has 1 aliphatic rings. The summed E-state index contributed by atoms with van der Waals surface area (Å²) in [5.74, 6) is -1.77. The van der Waals surface area contributed by atoms with Crippen LogP contribution in [0.3, 0.4) is 0 Å². The summed E-state index contributed by atoms with van der Waals surface area (Å²) < 4.78 is 11.3. The largest absolute Gasteiger partial charge is 0.457 e. The number of Topliss-reactive ketones (excluding diaryl/α,β-unsaturated/α-hetero) is 1. The Morgan fingerprint density at radius 3 is 2.82 bits per heavy atom. The van der Waals surface area contributed by atoms with Crippen LogP contribution >= 0.6 is 0 Å². The molecule has 0 aliphatic carbocycles. The van der Waals surface area contributed by atoms with E-state index in [4.69, 9.17) is 9.47 Å². The maximum absolute atomic E-state index is 11.8. The number of hydrogen-bond acceptors (Lipinski definition) is 7. The van der Waals surface area contributed by atoms with Gasteiger partial charge in [0.2, 0.25) is 5.78 Å². The van der Waals surface area contributed by atoms with Gasteiger partial charge in [0.05, 0.1) is 6.10 Å². The summed E-state index contributed by atoms with van der Waals surface area (Å²) >= 11 is 0. The molecule has 0 saturated carbocycles. The van der Waals surface area contributed by atoms with Crippen molar-refractivity contribution < 1.29 is 24.2 Å². The minimum atomic E-state index is -1.02. The van der Waals surface area contributed by atoms with Crippen LogP contribution in [0.4, 0.5) is 0 Å². The molecule has 0 spiro atoms. The van der Waals surface area contributed by atoms with Gasteiger partial charge in [-0.1, -0.05) is 0 Å². The average Bonchev–Trinajstić information content (AvgIpc) is 2.81. The number of aliphatic hydroxyl groups is 1. The van der Waals surface area contributed by atoms with E-state index in [1.54, 1.807) is 0 Å². The predicted molar refractivity (Wildman–Crippen MR) is 72.2 cm³/mol. The Balaban J connectivity index is 2.09. The first kappa shape index (κ1) is 16.1. The lowest BCUT2D eigenvalue weighted by Crippen LogP contribution is -2.33. The third-order valence-electron chi connectivity index (χ3n) is 3.33. The van der Waals surface area contributed by atoms with E-state index in [9.17, 15) is 24.3 Å². The molecule has 22 heavy (non-hydrogen) atoms. The molecule has 120 valence electrons. The van der Waals surface area contributed by atoms with E-state index in [-0.39, 0.29) is 13.0 Å². The Morgan fingerprint density at radius 2 is 2.18 bits per heavy atom. The highest BCUT2D eigenvalue weighted by Gasteiger charge is 2.36. The SMILES string of the molecule is CC(=O)C(=O)OC[C@H]1O[C@@H](n2cc(C)c(=O)[nH]c2=O)CC1O. The van der Waals surface area contributed by atoms with Crippen LogP contribution in [0.1, 0.15) is 25.1 Å². The van der Waals surface area contributed by atoms with Crippen LogP contribution in [0, 0.1) is 6.92 Å². The van der Waals surface area contributed by atoms with E-state index in [2.05, 4.69) is 4.98 Å². The van der Waals surface area contributed by atoms with Gasteiger partial charge >= 0.3 is 11.7 Å². The van der Waals surface area contributed by atoms with Crippen molar-refractivity contribution in [2.75, 3.05) is 6.61 Å². The quantitative estimate of drug-likeness (QED) is 0.518. The monoisotopic (exact) mass is 312 g/mol. The third-order valence-corrected chi connectivity index (χ3v) is 3.33. The molecule has 0 radical (unpaired) electrons. The van der Waals surface area contributed by atoms with Crippen molar-refractivity contribution in [2.24, 2.45) is 0 Å². The number of aryl methyl sites for hydroxylation is 1. The second-order valence-electron chi connectivity index (χ2n) is 5.07. The molecule has 9 nitrogen and oxygen atoms in total. The zero-order valence-electron chi connectivity index (χ0n) is 12.1. The molecule has 2 heterocycles. The molecule has 1 aromatic rings. The van der Waals surface area contributed by atoms with Gasteiger partial charge < -0.3 is 14.6 Å². The standard InChI is InChI=1S/C13H16N2O7/c1-6-4-15(13(20)14-11(6)18)10-3-8(17)9(22-10)5-21-12(19)7(2)16/h4,8-10,17H,3,5H2,1-2H3,(H,14,18,20)/t8?,9-,10-/m1/s1. The minimum Gasteiger partial charge on any atom is -0.457 e. The van der Waals surface area contributed by atoms with E-state index < -0.39 is 41.4 Å². The van der Waals surface area contributed by atoms with Crippen molar-refractivity contribution >= 4 is 11.8 Å². The highest BCUT2D eigenvalue weighted by atomic mass is 16.6. The Labute approximate surface area is 124 Å². The molecule has 1 aliphatic heterocycles. The van der Waals surface area contributed by atoms with Crippen molar-refractivity contribution in [2.45, 2.75) is 38.7 Å². The van der Waals surface area contributed by atoms with Crippen LogP contribution in [-0.4, -0.2) is 45.2 Å². The predicted octanol–water partition coefficient (Wildman–Crippen LogP) is -1.37. The minimum absolute atomic E-state index is 0.0910. The molecule has 3 atom stereocenters. The molecule has 2 N–H and O–H groups in total. The van der Waals surface area contributed by atoms with E-state index in [1.807, 2.05) is 0 Å². The summed E-state index contributed by atoms with van der Waals surface area (Å²) in [4.78, 5) is 47.1. The number of H-pyrrole nitrogens is 1. The number of rotatable bonds is 4. The van der Waals surface area contributed by atoms with Gasteiger partial charge in [-0.15, -0.1) is 0 Å². The van der Waals surface area contributed by atoms with Gasteiger partial charge in [0.25, 0.3) is 5.56 Å². The Kier molecular flexibility index (Phi) is 4.57. The second-order valence-corrected chi connectivity index (χ2v) is 5.07. The molecule has 1 unspecified atom stereocenters. The molecule has 1 saturated heterocycles. The molecule has 1 aromatic heterocycles. The van der Waals surface area contributed by atoms with Gasteiger partial charge in [-0.2, -0.15) is 0 Å². The van der Waals surface area contributed by atoms with Crippen LogP contribution in [0.2, 0.25) is 0 Å². The van der Waals surface area contributed by atoms with Gasteiger partial charge in [-0.25, -0.2) is 9.59 Å². The second kappa shape index (κ2) is 6.24. The van der Waals surface area contributed by atoms with E-state index in [0.29, 0.717) is 5.56 Å². The van der Waals surface area contributed by atoms with Crippen LogP contribution < -0.4 is 11.2 Å². The summed E-state index contributed by atoms with van der Waals surface area (Å²) in [6.07, 6.45) is -1.19. The number of aliphatic hydroxyl groups excluding tert-OH is 1. The van der Waals surface area contributed by atoms with E-state index in [0.717, 1.165) is 11.5 Å². The zero-order valence-corrected chi connectivity index (χ0v) is 12.1. The maximum atomic E-state index is 11.8. The number of ketones is 1. The van der Waals surface area contributed by atoms with E-state index >= 15 is 0 Å². The van der Waals surface area contributed by atoms with Crippen molar-refractivity contribution in [3.8, 4) is 0 Å². The fourth-order valence-electron chi connectivity index (χ4n) is 2.10. The lowest BCUT2D eigenvalue weighted by Gasteiger charge is -2.16. The zero-order chi connectivity index (χ0) is 16.4. The number of nitrogens with one attached hydrogen (secondary N) is 1. The molecular weight excluding hydrogens is 296 g/mol. The fourth-order valence-corrected chi connectivity index (χ4v) is 2.10. The van der Waals surface area contributed by atoms with Crippen molar-refractivity contribution in [3.05, 3.63) is 32.6 Å². The maximum Gasteiger partial charge on any atom is 0.374 e. The number of hydrogen-bond donors (Lipinski definition) is 2. The van der Waals surface area contributed by atoms with E-state index in [1.165, 1.54) is 13.1 Å². The highest BCUT2D eigenvalue weighted by Crippen LogP contribution is 2.27. The molecular formula is C13H16N2O7. The highest BCUT2D eigenvalue weighted by molar-refractivity contribution is 6.32. The smallest absolute Gasteiger partial charge is 0.374 e. The third kappa shape index (κ3) is 3.31. The van der Waals surface area contributed by atoms with Gasteiger partial charge in [0.1, 0.15) is 18.9 Å². The first-order valence-corrected chi connectivity index (χ1v) is 6.63. The van der Waals surface area contributed by atoms with Crippen LogP contribution in [0.5, 0.6) is 0 Å². The number of carbonyl (C=O) groups excluding carboxylic acids is 2. The average molecular weight is 312 g/mol. The Bertz CT molecular complexity index is 705. The molecule has 2 rings (SSSR count). The van der Waals surface area contributed by atoms with Gasteiger partial charge in [-0.3, -0.25) is 19.1 Å². The summed E-state index contributed by atoms with van der Waals surface area (Å²) in [7, 11) is 0. The molecule has 0 bridgehead atoms. The van der Waals surface area contributed by atoms with Crippen molar-refractivity contribution in [1.29, 1.82) is 0 Å². The number of aromatic amines is 1. The lowest BCUT2D eigenvalue weighted by molar-refractivity contribution is -0.157.